The van der Waals surface area contributed by atoms with E-state index in [1.54, 1.807) is 0 Å². The summed E-state index contributed by atoms with van der Waals surface area (Å²) in [4.78, 5) is 14.3. The van der Waals surface area contributed by atoms with Crippen LogP contribution in [0.3, 0.4) is 0 Å². The lowest BCUT2D eigenvalue weighted by molar-refractivity contribution is -0.146. The van der Waals surface area contributed by atoms with Crippen molar-refractivity contribution < 1.29 is 24.1 Å². The second-order valence-electron chi connectivity index (χ2n) is 9.30. The number of benzene rings is 1. The topological polar surface area (TPSA) is 68.2 Å². The van der Waals surface area contributed by atoms with E-state index in [-0.39, 0.29) is 0 Å². The molecule has 4 rings (SSSR count). The number of carbonyl (C=O) groups is 1. The van der Waals surface area contributed by atoms with Gasteiger partial charge in [0.15, 0.2) is 6.10 Å². The Bertz CT molecular complexity index is 674. The minimum atomic E-state index is -0.881. The molecule has 1 heterocycles. The van der Waals surface area contributed by atoms with Gasteiger partial charge in [0.05, 0.1) is 25.4 Å². The number of carboxylic acids is 1. The van der Waals surface area contributed by atoms with Gasteiger partial charge in [-0.3, -0.25) is 4.90 Å². The number of fused-ring (bicyclic) bond motifs is 1. The summed E-state index contributed by atoms with van der Waals surface area (Å²) in [5.74, 6) is 0.121. The molecule has 1 N–H and O–H groups in total. The highest BCUT2D eigenvalue weighted by atomic mass is 16.5. The number of para-hydroxylation sites is 1. The summed E-state index contributed by atoms with van der Waals surface area (Å²) in [6, 6.07) is 9.83. The summed E-state index contributed by atoms with van der Waals surface area (Å²) in [6.07, 6.45) is 9.63. The van der Waals surface area contributed by atoms with Crippen LogP contribution < -0.4 is 4.74 Å². The molecule has 3 atom stereocenters. The zero-order valence-corrected chi connectivity index (χ0v) is 18.5. The van der Waals surface area contributed by atoms with E-state index in [0.29, 0.717) is 36.3 Å². The third kappa shape index (κ3) is 6.43. The Morgan fingerprint density at radius 3 is 2.65 bits per heavy atom. The predicted molar refractivity (Wildman–Crippen MR) is 118 cm³/mol. The molecule has 0 aromatic heterocycles. The Morgan fingerprint density at radius 2 is 1.87 bits per heavy atom. The standard InChI is InChI=1S/C25H37NO5/c27-25(28)24(31-21-6-2-1-3-7-21)18-19-10-12-20(13-11-19)29-16-14-26-15-17-30-23-9-5-4-8-22(23)26/h1-3,6-7,19-20,22-24H,4-5,8-18H2,(H,27,28). The van der Waals surface area contributed by atoms with E-state index in [2.05, 4.69) is 4.90 Å². The molecule has 172 valence electrons. The van der Waals surface area contributed by atoms with Gasteiger partial charge in [-0.25, -0.2) is 4.79 Å². The van der Waals surface area contributed by atoms with Crippen LogP contribution in [-0.2, 0) is 14.3 Å². The first-order valence-electron chi connectivity index (χ1n) is 12.1. The van der Waals surface area contributed by atoms with Crippen LogP contribution in [0.4, 0.5) is 0 Å². The van der Waals surface area contributed by atoms with Crippen molar-refractivity contribution in [3.8, 4) is 5.75 Å². The Hall–Kier alpha value is -1.63. The molecule has 1 aromatic rings. The van der Waals surface area contributed by atoms with Crippen LogP contribution in [0.5, 0.6) is 5.75 Å². The van der Waals surface area contributed by atoms with Crippen LogP contribution >= 0.6 is 0 Å². The van der Waals surface area contributed by atoms with Gasteiger partial charge in [-0.2, -0.15) is 0 Å². The largest absolute Gasteiger partial charge is 0.479 e. The first kappa shape index (κ1) is 22.6. The second kappa shape index (κ2) is 11.3. The molecular formula is C25H37NO5. The lowest BCUT2D eigenvalue weighted by atomic mass is 9.84. The quantitative estimate of drug-likeness (QED) is 0.634. The maximum Gasteiger partial charge on any atom is 0.344 e. The molecule has 6 nitrogen and oxygen atoms in total. The summed E-state index contributed by atoms with van der Waals surface area (Å²) >= 11 is 0. The third-order valence-electron chi connectivity index (χ3n) is 7.22. The summed E-state index contributed by atoms with van der Waals surface area (Å²) in [7, 11) is 0. The average molecular weight is 432 g/mol. The van der Waals surface area contributed by atoms with Gasteiger partial charge in [0.2, 0.25) is 0 Å². The first-order chi connectivity index (χ1) is 15.2. The van der Waals surface area contributed by atoms with E-state index >= 15 is 0 Å². The Kier molecular flexibility index (Phi) is 8.22. The van der Waals surface area contributed by atoms with Gasteiger partial charge in [-0.1, -0.05) is 31.0 Å². The van der Waals surface area contributed by atoms with E-state index in [1.165, 1.54) is 25.7 Å². The maximum atomic E-state index is 11.7. The normalized spacial score (nSPS) is 30.3. The summed E-state index contributed by atoms with van der Waals surface area (Å²) < 4.78 is 17.9. The van der Waals surface area contributed by atoms with Crippen LogP contribution in [0.15, 0.2) is 30.3 Å². The summed E-state index contributed by atoms with van der Waals surface area (Å²) in [5.41, 5.74) is 0. The minimum Gasteiger partial charge on any atom is -0.479 e. The molecule has 0 bridgehead atoms. The predicted octanol–water partition coefficient (Wildman–Crippen LogP) is 4.13. The van der Waals surface area contributed by atoms with E-state index in [0.717, 1.165) is 52.0 Å². The molecule has 3 unspecified atom stereocenters. The van der Waals surface area contributed by atoms with Gasteiger partial charge in [0, 0.05) is 19.1 Å². The van der Waals surface area contributed by atoms with Crippen molar-refractivity contribution in [2.45, 2.75) is 82.1 Å². The van der Waals surface area contributed by atoms with E-state index in [1.807, 2.05) is 30.3 Å². The molecular weight excluding hydrogens is 394 g/mol. The average Bonchev–Trinajstić information content (AvgIpc) is 2.80. The fourth-order valence-electron chi connectivity index (χ4n) is 5.49. The molecule has 2 saturated carbocycles. The molecule has 6 heteroatoms. The van der Waals surface area contributed by atoms with Gasteiger partial charge in [-0.05, 0) is 63.0 Å². The molecule has 0 radical (unpaired) electrons. The van der Waals surface area contributed by atoms with Crippen LogP contribution in [0.1, 0.15) is 57.8 Å². The highest BCUT2D eigenvalue weighted by Gasteiger charge is 2.34. The maximum absolute atomic E-state index is 11.7. The Morgan fingerprint density at radius 1 is 1.10 bits per heavy atom. The van der Waals surface area contributed by atoms with Gasteiger partial charge in [0.25, 0.3) is 0 Å². The zero-order chi connectivity index (χ0) is 21.5. The number of nitrogens with zero attached hydrogens (tertiary/aromatic N) is 1. The van der Waals surface area contributed by atoms with Crippen LogP contribution in [-0.4, -0.2) is 66.6 Å². The lowest BCUT2D eigenvalue weighted by Crippen LogP contribution is -2.53. The number of rotatable bonds is 9. The van der Waals surface area contributed by atoms with Gasteiger partial charge < -0.3 is 19.3 Å². The molecule has 3 fully saturated rings. The number of ether oxygens (including phenoxy) is 3. The van der Waals surface area contributed by atoms with Gasteiger partial charge in [-0.15, -0.1) is 0 Å². The number of carboxylic acid groups (broad SMARTS) is 1. The Balaban J connectivity index is 1.16. The minimum absolute atomic E-state index is 0.303. The van der Waals surface area contributed by atoms with Crippen molar-refractivity contribution in [3.05, 3.63) is 30.3 Å². The fourth-order valence-corrected chi connectivity index (χ4v) is 5.49. The van der Waals surface area contributed by atoms with Crippen molar-refractivity contribution >= 4 is 5.97 Å². The SMILES string of the molecule is O=C(O)C(CC1CCC(OCCN2CCOC3CCCCC32)CC1)Oc1ccccc1. The van der Waals surface area contributed by atoms with E-state index in [4.69, 9.17) is 14.2 Å². The molecule has 31 heavy (non-hydrogen) atoms. The van der Waals surface area contributed by atoms with Gasteiger partial charge >= 0.3 is 5.97 Å². The van der Waals surface area contributed by atoms with Crippen molar-refractivity contribution in [1.82, 2.24) is 4.90 Å². The monoisotopic (exact) mass is 431 g/mol. The molecule has 1 aromatic carbocycles. The van der Waals surface area contributed by atoms with Crippen LogP contribution in [0, 0.1) is 5.92 Å². The van der Waals surface area contributed by atoms with Crippen molar-refractivity contribution in [2.75, 3.05) is 26.3 Å². The second-order valence-corrected chi connectivity index (χ2v) is 9.30. The molecule has 3 aliphatic rings. The lowest BCUT2D eigenvalue weighted by Gasteiger charge is -2.44. The van der Waals surface area contributed by atoms with E-state index in [9.17, 15) is 9.90 Å². The fraction of sp³-hybridized carbons (Fsp3) is 0.720. The smallest absolute Gasteiger partial charge is 0.344 e. The van der Waals surface area contributed by atoms with Crippen LogP contribution in [0.25, 0.3) is 0 Å². The summed E-state index contributed by atoms with van der Waals surface area (Å²) in [6.45, 7) is 3.65. The van der Waals surface area contributed by atoms with Crippen molar-refractivity contribution in [1.29, 1.82) is 0 Å². The van der Waals surface area contributed by atoms with Crippen molar-refractivity contribution in [3.63, 3.8) is 0 Å². The zero-order valence-electron chi connectivity index (χ0n) is 18.5. The molecule has 1 aliphatic heterocycles. The number of morpholine rings is 1. The van der Waals surface area contributed by atoms with Crippen LogP contribution in [0.2, 0.25) is 0 Å². The summed E-state index contributed by atoms with van der Waals surface area (Å²) in [5, 5.41) is 9.58. The molecule has 2 aliphatic carbocycles. The first-order valence-corrected chi connectivity index (χ1v) is 12.1. The molecule has 0 amide bonds. The van der Waals surface area contributed by atoms with Gasteiger partial charge in [0.1, 0.15) is 5.75 Å². The Labute approximate surface area is 185 Å². The third-order valence-corrected chi connectivity index (χ3v) is 7.22. The highest BCUT2D eigenvalue weighted by molar-refractivity contribution is 5.72. The molecule has 0 spiro atoms. The number of aliphatic carboxylic acids is 1. The number of hydrogen-bond donors (Lipinski definition) is 1. The molecule has 1 saturated heterocycles. The number of hydrogen-bond acceptors (Lipinski definition) is 5. The highest BCUT2D eigenvalue weighted by Crippen LogP contribution is 2.31. The van der Waals surface area contributed by atoms with Crippen molar-refractivity contribution in [2.24, 2.45) is 5.92 Å². The van der Waals surface area contributed by atoms with E-state index < -0.39 is 12.1 Å².